The van der Waals surface area contributed by atoms with Crippen molar-refractivity contribution >= 4 is 11.6 Å². The lowest BCUT2D eigenvalue weighted by Gasteiger charge is -2.28. The number of rotatable bonds is 2. The van der Waals surface area contributed by atoms with Crippen molar-refractivity contribution in [1.29, 1.82) is 0 Å². The van der Waals surface area contributed by atoms with Gasteiger partial charge >= 0.3 is 0 Å². The summed E-state index contributed by atoms with van der Waals surface area (Å²) < 4.78 is 5.88. The second-order valence-corrected chi connectivity index (χ2v) is 5.26. The summed E-state index contributed by atoms with van der Waals surface area (Å²) in [4.78, 5) is 0. The molecule has 0 heterocycles. The first-order valence-corrected chi connectivity index (χ1v) is 6.57. The van der Waals surface area contributed by atoms with Gasteiger partial charge in [-0.25, -0.2) is 0 Å². The van der Waals surface area contributed by atoms with Crippen molar-refractivity contribution in [2.75, 3.05) is 0 Å². The van der Waals surface area contributed by atoms with Crippen LogP contribution >= 0.6 is 11.6 Å². The van der Waals surface area contributed by atoms with E-state index in [1.165, 1.54) is 0 Å². The highest BCUT2D eigenvalue weighted by Gasteiger charge is 2.24. The monoisotopic (exact) mass is 254 g/mol. The molecule has 0 unspecified atom stereocenters. The van der Waals surface area contributed by atoms with Crippen LogP contribution in [0.15, 0.2) is 12.1 Å². The highest BCUT2D eigenvalue weighted by molar-refractivity contribution is 6.32. The summed E-state index contributed by atoms with van der Waals surface area (Å²) in [6.07, 6.45) is 3.61. The van der Waals surface area contributed by atoms with Gasteiger partial charge < -0.3 is 9.84 Å². The van der Waals surface area contributed by atoms with E-state index < -0.39 is 0 Å². The minimum Gasteiger partial charge on any atom is -0.488 e. The molecule has 0 aliphatic heterocycles. The topological polar surface area (TPSA) is 29.5 Å². The van der Waals surface area contributed by atoms with Crippen LogP contribution in [-0.2, 0) is 0 Å². The summed E-state index contributed by atoms with van der Waals surface area (Å²) in [5.41, 5.74) is 2.04. The fourth-order valence-corrected chi connectivity index (χ4v) is 2.47. The fraction of sp³-hybridized carbons (Fsp3) is 0.571. The standard InChI is InChI=1S/C14H19ClO2/c1-9-7-11(8-10(2)14(9)15)17-13-6-4-3-5-12(13)16/h7-8,12-13,16H,3-6H2,1-2H3/t12-,13-/m1/s1. The molecule has 2 nitrogen and oxygen atoms in total. The van der Waals surface area contributed by atoms with Crippen LogP contribution in [0, 0.1) is 13.8 Å². The Labute approximate surface area is 108 Å². The largest absolute Gasteiger partial charge is 0.488 e. The summed E-state index contributed by atoms with van der Waals surface area (Å²) in [7, 11) is 0. The summed E-state index contributed by atoms with van der Waals surface area (Å²) in [6, 6.07) is 3.88. The van der Waals surface area contributed by atoms with Crippen molar-refractivity contribution in [2.24, 2.45) is 0 Å². The third-order valence-corrected chi connectivity index (χ3v) is 3.96. The van der Waals surface area contributed by atoms with E-state index in [2.05, 4.69) is 0 Å². The van der Waals surface area contributed by atoms with Crippen molar-refractivity contribution in [3.63, 3.8) is 0 Å². The molecule has 2 atom stereocenters. The van der Waals surface area contributed by atoms with Gasteiger partial charge in [-0.2, -0.15) is 0 Å². The van der Waals surface area contributed by atoms with Gasteiger partial charge in [-0.3, -0.25) is 0 Å². The molecule has 0 amide bonds. The molecular formula is C14H19ClO2. The van der Waals surface area contributed by atoms with E-state index in [1.54, 1.807) is 0 Å². The minimum atomic E-state index is -0.333. The van der Waals surface area contributed by atoms with E-state index in [0.29, 0.717) is 0 Å². The molecule has 1 aromatic rings. The first-order chi connectivity index (χ1) is 8.08. The van der Waals surface area contributed by atoms with Crippen molar-refractivity contribution in [3.8, 4) is 5.75 Å². The maximum absolute atomic E-state index is 9.87. The lowest BCUT2D eigenvalue weighted by molar-refractivity contribution is 0.00682. The second kappa shape index (κ2) is 5.28. The first-order valence-electron chi connectivity index (χ1n) is 6.19. The highest BCUT2D eigenvalue weighted by atomic mass is 35.5. The average molecular weight is 255 g/mol. The van der Waals surface area contributed by atoms with Crippen molar-refractivity contribution in [2.45, 2.75) is 51.7 Å². The zero-order valence-electron chi connectivity index (χ0n) is 10.4. The number of halogens is 1. The Morgan fingerprint density at radius 3 is 2.35 bits per heavy atom. The SMILES string of the molecule is Cc1cc(O[C@@H]2CCCC[C@H]2O)cc(C)c1Cl. The first kappa shape index (κ1) is 12.7. The van der Waals surface area contributed by atoms with E-state index in [9.17, 15) is 5.11 Å². The van der Waals surface area contributed by atoms with Crippen LogP contribution in [0.2, 0.25) is 5.02 Å². The smallest absolute Gasteiger partial charge is 0.124 e. The third-order valence-electron chi connectivity index (χ3n) is 3.37. The molecule has 3 heteroatoms. The van der Waals surface area contributed by atoms with Crippen molar-refractivity contribution in [3.05, 3.63) is 28.3 Å². The van der Waals surface area contributed by atoms with Gasteiger partial charge in [0.25, 0.3) is 0 Å². The van der Waals surface area contributed by atoms with Crippen molar-refractivity contribution in [1.82, 2.24) is 0 Å². The van der Waals surface area contributed by atoms with Gasteiger partial charge in [0.1, 0.15) is 11.9 Å². The Balaban J connectivity index is 2.12. The van der Waals surface area contributed by atoms with Gasteiger partial charge in [-0.1, -0.05) is 18.0 Å². The Morgan fingerprint density at radius 1 is 1.18 bits per heavy atom. The predicted octanol–water partition coefficient (Wildman–Crippen LogP) is 3.64. The molecule has 0 bridgehead atoms. The molecule has 94 valence electrons. The molecule has 1 aliphatic carbocycles. The second-order valence-electron chi connectivity index (χ2n) is 4.88. The Bertz CT molecular complexity index is 380. The third kappa shape index (κ3) is 2.93. The van der Waals surface area contributed by atoms with Gasteiger partial charge in [0, 0.05) is 5.02 Å². The number of aliphatic hydroxyl groups excluding tert-OH is 1. The summed E-state index contributed by atoms with van der Waals surface area (Å²) >= 11 is 6.12. The number of aliphatic hydroxyl groups is 1. The maximum atomic E-state index is 9.87. The van der Waals surface area contributed by atoms with Crippen LogP contribution < -0.4 is 4.74 Å². The Hall–Kier alpha value is -0.730. The Kier molecular flexibility index (Phi) is 3.95. The van der Waals surface area contributed by atoms with Crippen LogP contribution in [0.5, 0.6) is 5.75 Å². The van der Waals surface area contributed by atoms with E-state index in [0.717, 1.165) is 47.6 Å². The number of aryl methyl sites for hydroxylation is 2. The summed E-state index contributed by atoms with van der Waals surface area (Å²) in [6.45, 7) is 3.94. The number of ether oxygens (including phenoxy) is 1. The number of benzene rings is 1. The molecule has 1 N–H and O–H groups in total. The minimum absolute atomic E-state index is 0.0660. The van der Waals surface area contributed by atoms with Crippen molar-refractivity contribution < 1.29 is 9.84 Å². The molecule has 1 saturated carbocycles. The number of hydrogen-bond donors (Lipinski definition) is 1. The molecule has 0 radical (unpaired) electrons. The quantitative estimate of drug-likeness (QED) is 0.873. The molecule has 0 saturated heterocycles. The van der Waals surface area contributed by atoms with E-state index in [-0.39, 0.29) is 12.2 Å². The molecule has 17 heavy (non-hydrogen) atoms. The maximum Gasteiger partial charge on any atom is 0.124 e. The van der Waals surface area contributed by atoms with Crippen LogP contribution in [0.3, 0.4) is 0 Å². The normalized spacial score (nSPS) is 24.7. The van der Waals surface area contributed by atoms with Crippen LogP contribution in [-0.4, -0.2) is 17.3 Å². The van der Waals surface area contributed by atoms with Gasteiger partial charge in [0.15, 0.2) is 0 Å². The molecular weight excluding hydrogens is 236 g/mol. The molecule has 2 rings (SSSR count). The van der Waals surface area contributed by atoms with Crippen LogP contribution in [0.4, 0.5) is 0 Å². The molecule has 0 aromatic heterocycles. The molecule has 1 fully saturated rings. The lowest BCUT2D eigenvalue weighted by Crippen LogP contribution is -2.34. The molecule has 1 aliphatic rings. The van der Waals surface area contributed by atoms with Gasteiger partial charge in [-0.15, -0.1) is 0 Å². The zero-order chi connectivity index (χ0) is 12.4. The predicted molar refractivity (Wildman–Crippen MR) is 69.8 cm³/mol. The lowest BCUT2D eigenvalue weighted by atomic mass is 9.95. The highest BCUT2D eigenvalue weighted by Crippen LogP contribution is 2.29. The molecule has 1 aromatic carbocycles. The average Bonchev–Trinajstić information content (AvgIpc) is 2.29. The van der Waals surface area contributed by atoms with Gasteiger partial charge in [-0.05, 0) is 56.4 Å². The zero-order valence-corrected chi connectivity index (χ0v) is 11.1. The fourth-order valence-electron chi connectivity index (χ4n) is 2.36. The summed E-state index contributed by atoms with van der Waals surface area (Å²) in [5, 5.41) is 10.7. The van der Waals surface area contributed by atoms with E-state index in [4.69, 9.17) is 16.3 Å². The van der Waals surface area contributed by atoms with Crippen LogP contribution in [0.25, 0.3) is 0 Å². The Morgan fingerprint density at radius 2 is 1.76 bits per heavy atom. The number of hydrogen-bond acceptors (Lipinski definition) is 2. The van der Waals surface area contributed by atoms with E-state index >= 15 is 0 Å². The van der Waals surface area contributed by atoms with Gasteiger partial charge in [0.05, 0.1) is 6.10 Å². The molecule has 0 spiro atoms. The summed E-state index contributed by atoms with van der Waals surface area (Å²) in [5.74, 6) is 0.815. The van der Waals surface area contributed by atoms with Crippen LogP contribution in [0.1, 0.15) is 36.8 Å². The van der Waals surface area contributed by atoms with E-state index in [1.807, 2.05) is 26.0 Å². The van der Waals surface area contributed by atoms with Gasteiger partial charge in [0.2, 0.25) is 0 Å².